The van der Waals surface area contributed by atoms with Gasteiger partial charge >= 0.3 is 0 Å². The molecule has 0 aliphatic carbocycles. The van der Waals surface area contributed by atoms with Gasteiger partial charge in [0.2, 0.25) is 5.13 Å². The van der Waals surface area contributed by atoms with Crippen LogP contribution in [-0.2, 0) is 0 Å². The van der Waals surface area contributed by atoms with E-state index in [1.165, 1.54) is 0 Å². The molecule has 1 aromatic rings. The Bertz CT molecular complexity index is 294. The van der Waals surface area contributed by atoms with Crippen LogP contribution in [0.4, 0.5) is 5.13 Å². The summed E-state index contributed by atoms with van der Waals surface area (Å²) in [6, 6.07) is 0. The van der Waals surface area contributed by atoms with Crippen molar-refractivity contribution < 1.29 is 0 Å². The fraction of sp³-hybridized carbons (Fsp3) is 0.778. The molecule has 1 fully saturated rings. The van der Waals surface area contributed by atoms with E-state index in [9.17, 15) is 0 Å². The lowest BCUT2D eigenvalue weighted by atomic mass is 10.3. The summed E-state index contributed by atoms with van der Waals surface area (Å²) in [7, 11) is 0. The number of aryl methyl sites for hydroxylation is 1. The predicted molar refractivity (Wildman–Crippen MR) is 62.4 cm³/mol. The van der Waals surface area contributed by atoms with Gasteiger partial charge in [-0.25, -0.2) is 0 Å². The summed E-state index contributed by atoms with van der Waals surface area (Å²) >= 11 is 1.61. The van der Waals surface area contributed by atoms with Gasteiger partial charge in [0.15, 0.2) is 0 Å². The van der Waals surface area contributed by atoms with E-state index in [0.29, 0.717) is 0 Å². The lowest BCUT2D eigenvalue weighted by Gasteiger charge is -2.26. The molecular weight excluding hydrogens is 210 g/mol. The highest BCUT2D eigenvalue weighted by atomic mass is 32.1. The number of hydrogen-bond acceptors (Lipinski definition) is 6. The topological polar surface area (TPSA) is 53.1 Å². The van der Waals surface area contributed by atoms with Crippen molar-refractivity contribution in [3.8, 4) is 0 Å². The third-order valence-corrected chi connectivity index (χ3v) is 3.24. The van der Waals surface area contributed by atoms with Crippen LogP contribution in [0.2, 0.25) is 0 Å². The molecule has 6 heteroatoms. The van der Waals surface area contributed by atoms with Gasteiger partial charge in [0.05, 0.1) is 0 Å². The fourth-order valence-corrected chi connectivity index (χ4v) is 2.24. The Hall–Kier alpha value is -0.720. The molecule has 5 nitrogen and oxygen atoms in total. The Kier molecular flexibility index (Phi) is 3.87. The van der Waals surface area contributed by atoms with Crippen molar-refractivity contribution in [2.24, 2.45) is 0 Å². The van der Waals surface area contributed by atoms with E-state index in [2.05, 4.69) is 25.7 Å². The first-order valence-electron chi connectivity index (χ1n) is 5.31. The second-order valence-electron chi connectivity index (χ2n) is 3.64. The molecule has 0 amide bonds. The summed E-state index contributed by atoms with van der Waals surface area (Å²) in [6.45, 7) is 8.53. The third kappa shape index (κ3) is 3.40. The lowest BCUT2D eigenvalue weighted by Crippen LogP contribution is -2.45. The van der Waals surface area contributed by atoms with Crippen molar-refractivity contribution in [1.29, 1.82) is 0 Å². The first-order chi connectivity index (χ1) is 7.34. The highest BCUT2D eigenvalue weighted by Crippen LogP contribution is 2.12. The Labute approximate surface area is 93.9 Å². The zero-order valence-corrected chi connectivity index (χ0v) is 9.81. The maximum Gasteiger partial charge on any atom is 0.205 e. The molecule has 0 atom stereocenters. The predicted octanol–water partition coefficient (Wildman–Crippen LogP) is 0.164. The van der Waals surface area contributed by atoms with E-state index in [4.69, 9.17) is 0 Å². The minimum absolute atomic E-state index is 0.933. The van der Waals surface area contributed by atoms with Crippen LogP contribution in [0, 0.1) is 6.92 Å². The monoisotopic (exact) mass is 227 g/mol. The highest BCUT2D eigenvalue weighted by Gasteiger charge is 2.08. The summed E-state index contributed by atoms with van der Waals surface area (Å²) in [6.07, 6.45) is 0. The van der Waals surface area contributed by atoms with Gasteiger partial charge in [-0.2, -0.15) is 0 Å². The van der Waals surface area contributed by atoms with Crippen LogP contribution in [0.5, 0.6) is 0 Å². The van der Waals surface area contributed by atoms with Crippen LogP contribution in [0.3, 0.4) is 0 Å². The third-order valence-electron chi connectivity index (χ3n) is 2.44. The fourth-order valence-electron chi connectivity index (χ4n) is 1.62. The average Bonchev–Trinajstić information content (AvgIpc) is 2.66. The number of nitrogens with zero attached hydrogens (tertiary/aromatic N) is 3. The number of hydrogen-bond donors (Lipinski definition) is 2. The number of piperazine rings is 1. The molecule has 84 valence electrons. The number of aromatic nitrogens is 2. The van der Waals surface area contributed by atoms with E-state index >= 15 is 0 Å². The Morgan fingerprint density at radius 1 is 1.40 bits per heavy atom. The van der Waals surface area contributed by atoms with Crippen molar-refractivity contribution in [3.05, 3.63) is 5.01 Å². The SMILES string of the molecule is Cc1nnc(NCCN2CCNCC2)s1. The zero-order valence-electron chi connectivity index (χ0n) is 8.99. The Morgan fingerprint density at radius 3 is 2.87 bits per heavy atom. The average molecular weight is 227 g/mol. The van der Waals surface area contributed by atoms with Crippen LogP contribution in [0.1, 0.15) is 5.01 Å². The molecule has 1 aromatic heterocycles. The lowest BCUT2D eigenvalue weighted by molar-refractivity contribution is 0.249. The smallest absolute Gasteiger partial charge is 0.205 e. The Morgan fingerprint density at radius 2 is 2.20 bits per heavy atom. The van der Waals surface area contributed by atoms with Gasteiger partial charge in [0.25, 0.3) is 0 Å². The highest BCUT2D eigenvalue weighted by molar-refractivity contribution is 7.15. The molecule has 0 unspecified atom stereocenters. The summed E-state index contributed by atoms with van der Waals surface area (Å²) in [5, 5.41) is 16.6. The minimum atomic E-state index is 0.933. The van der Waals surface area contributed by atoms with Crippen LogP contribution in [0.15, 0.2) is 0 Å². The van der Waals surface area contributed by atoms with Gasteiger partial charge in [-0.05, 0) is 6.92 Å². The Balaban J connectivity index is 1.65. The summed E-state index contributed by atoms with van der Waals surface area (Å²) in [5.41, 5.74) is 0. The number of nitrogens with one attached hydrogen (secondary N) is 2. The number of rotatable bonds is 4. The van der Waals surface area contributed by atoms with Crippen LogP contribution in [0.25, 0.3) is 0 Å². The van der Waals surface area contributed by atoms with Crippen molar-refractivity contribution in [3.63, 3.8) is 0 Å². The molecule has 1 saturated heterocycles. The van der Waals surface area contributed by atoms with Crippen molar-refractivity contribution in [2.75, 3.05) is 44.6 Å². The van der Waals surface area contributed by atoms with Crippen LogP contribution < -0.4 is 10.6 Å². The van der Waals surface area contributed by atoms with Crippen molar-refractivity contribution in [1.82, 2.24) is 20.4 Å². The molecule has 15 heavy (non-hydrogen) atoms. The molecule has 2 heterocycles. The van der Waals surface area contributed by atoms with Gasteiger partial charge in [-0.15, -0.1) is 10.2 Å². The molecular formula is C9H17N5S. The zero-order chi connectivity index (χ0) is 10.5. The summed E-state index contributed by atoms with van der Waals surface area (Å²) in [5.74, 6) is 0. The van der Waals surface area contributed by atoms with E-state index in [1.807, 2.05) is 6.92 Å². The quantitative estimate of drug-likeness (QED) is 0.767. The molecule has 1 aliphatic rings. The van der Waals surface area contributed by atoms with Gasteiger partial charge in [0, 0.05) is 39.3 Å². The normalized spacial score (nSPS) is 17.9. The van der Waals surface area contributed by atoms with Gasteiger partial charge in [0.1, 0.15) is 5.01 Å². The second kappa shape index (κ2) is 5.39. The minimum Gasteiger partial charge on any atom is -0.359 e. The van der Waals surface area contributed by atoms with Gasteiger partial charge in [-0.1, -0.05) is 11.3 Å². The van der Waals surface area contributed by atoms with Gasteiger partial charge in [-0.3, -0.25) is 4.90 Å². The molecule has 0 radical (unpaired) electrons. The largest absolute Gasteiger partial charge is 0.359 e. The first-order valence-corrected chi connectivity index (χ1v) is 6.13. The van der Waals surface area contributed by atoms with Gasteiger partial charge < -0.3 is 10.6 Å². The van der Waals surface area contributed by atoms with Crippen molar-refractivity contribution >= 4 is 16.5 Å². The molecule has 0 saturated carbocycles. The summed E-state index contributed by atoms with van der Waals surface area (Å²) < 4.78 is 0. The second-order valence-corrected chi connectivity index (χ2v) is 4.83. The van der Waals surface area contributed by atoms with E-state index in [-0.39, 0.29) is 0 Å². The molecule has 1 aliphatic heterocycles. The van der Waals surface area contributed by atoms with E-state index < -0.39 is 0 Å². The van der Waals surface area contributed by atoms with E-state index in [0.717, 1.165) is 49.4 Å². The van der Waals surface area contributed by atoms with Crippen LogP contribution >= 0.6 is 11.3 Å². The van der Waals surface area contributed by atoms with Crippen LogP contribution in [-0.4, -0.2) is 54.4 Å². The molecule has 0 aromatic carbocycles. The molecule has 2 N–H and O–H groups in total. The summed E-state index contributed by atoms with van der Waals surface area (Å²) in [4.78, 5) is 2.46. The maximum absolute atomic E-state index is 4.02. The molecule has 2 rings (SSSR count). The maximum atomic E-state index is 4.02. The standard InChI is InChI=1S/C9H17N5S/c1-8-12-13-9(15-8)11-4-7-14-5-2-10-3-6-14/h10H,2-7H2,1H3,(H,11,13). The number of anilines is 1. The molecule has 0 bridgehead atoms. The first kappa shape index (κ1) is 10.8. The molecule has 0 spiro atoms. The van der Waals surface area contributed by atoms with E-state index in [1.54, 1.807) is 11.3 Å². The van der Waals surface area contributed by atoms with Crippen molar-refractivity contribution in [2.45, 2.75) is 6.92 Å².